The molecule has 0 radical (unpaired) electrons. The van der Waals surface area contributed by atoms with E-state index in [-0.39, 0.29) is 5.69 Å². The molecule has 0 saturated heterocycles. The molecule has 104 valence electrons. The summed E-state index contributed by atoms with van der Waals surface area (Å²) in [6.07, 6.45) is -0.856. The lowest BCUT2D eigenvalue weighted by Crippen LogP contribution is -2.36. The Balaban J connectivity index is 2.68. The normalized spacial score (nSPS) is 10.9. The van der Waals surface area contributed by atoms with Gasteiger partial charge in [0.1, 0.15) is 6.29 Å². The summed E-state index contributed by atoms with van der Waals surface area (Å²) in [6.45, 7) is 3.19. The highest BCUT2D eigenvalue weighted by Crippen LogP contribution is 2.09. The van der Waals surface area contributed by atoms with Crippen molar-refractivity contribution in [2.24, 2.45) is 0 Å². The Morgan fingerprint density at radius 1 is 1.26 bits per heavy atom. The van der Waals surface area contributed by atoms with Gasteiger partial charge in [-0.3, -0.25) is 9.52 Å². The quantitative estimate of drug-likeness (QED) is 0.794. The van der Waals surface area contributed by atoms with Gasteiger partial charge in [0.25, 0.3) is 0 Å². The van der Waals surface area contributed by atoms with Crippen molar-refractivity contribution < 1.29 is 22.7 Å². The molecule has 0 atom stereocenters. The van der Waals surface area contributed by atoms with Gasteiger partial charge in [-0.25, -0.2) is 9.52 Å². The van der Waals surface area contributed by atoms with Crippen molar-refractivity contribution in [3.8, 4) is 0 Å². The van der Waals surface area contributed by atoms with Crippen LogP contribution in [0.5, 0.6) is 0 Å². The third-order valence-corrected chi connectivity index (χ3v) is 2.80. The van der Waals surface area contributed by atoms with Crippen LogP contribution in [-0.4, -0.2) is 26.9 Å². The monoisotopic (exact) mass is 286 g/mol. The molecule has 7 nitrogen and oxygen atoms in total. The molecule has 0 aromatic heterocycles. The van der Waals surface area contributed by atoms with E-state index in [0.29, 0.717) is 11.8 Å². The number of anilines is 1. The summed E-state index contributed by atoms with van der Waals surface area (Å²) in [6, 6.07) is 5.68. The van der Waals surface area contributed by atoms with Gasteiger partial charge in [0.05, 0.1) is 11.8 Å². The minimum atomic E-state index is -4.06. The number of carbonyl (C=O) groups excluding carboxylic acids is 2. The van der Waals surface area contributed by atoms with Crippen LogP contribution in [0.1, 0.15) is 24.2 Å². The van der Waals surface area contributed by atoms with Gasteiger partial charge in [-0.1, -0.05) is 0 Å². The van der Waals surface area contributed by atoms with Gasteiger partial charge in [-0.05, 0) is 38.1 Å². The number of hydrogen-bond acceptors (Lipinski definition) is 5. The maximum Gasteiger partial charge on any atom is 0.422 e. The first-order valence-corrected chi connectivity index (χ1v) is 6.87. The Labute approximate surface area is 111 Å². The lowest BCUT2D eigenvalue weighted by atomic mass is 10.2. The fraction of sp³-hybridized carbons (Fsp3) is 0.273. The van der Waals surface area contributed by atoms with Crippen LogP contribution in [-0.2, 0) is 14.9 Å². The highest BCUT2D eigenvalue weighted by atomic mass is 32.2. The zero-order valence-corrected chi connectivity index (χ0v) is 11.2. The molecule has 0 aliphatic carbocycles. The predicted octanol–water partition coefficient (Wildman–Crippen LogP) is 1.29. The van der Waals surface area contributed by atoms with Crippen LogP contribution in [0, 0.1) is 0 Å². The fourth-order valence-electron chi connectivity index (χ4n) is 1.16. The van der Waals surface area contributed by atoms with Crippen LogP contribution < -0.4 is 9.44 Å². The van der Waals surface area contributed by atoms with Crippen LogP contribution in [0.2, 0.25) is 0 Å². The van der Waals surface area contributed by atoms with Crippen LogP contribution in [0.4, 0.5) is 10.5 Å². The summed E-state index contributed by atoms with van der Waals surface area (Å²) < 4.78 is 31.6. The molecule has 0 fully saturated rings. The molecule has 1 aromatic rings. The molecule has 1 amide bonds. The molecular formula is C11H14N2O5S. The number of benzene rings is 1. The molecule has 0 aliphatic heterocycles. The van der Waals surface area contributed by atoms with E-state index in [2.05, 4.69) is 9.46 Å². The molecular weight excluding hydrogens is 272 g/mol. The van der Waals surface area contributed by atoms with Crippen molar-refractivity contribution in [3.05, 3.63) is 29.8 Å². The average molecular weight is 286 g/mol. The zero-order chi connectivity index (χ0) is 14.5. The van der Waals surface area contributed by atoms with E-state index >= 15 is 0 Å². The summed E-state index contributed by atoms with van der Waals surface area (Å²) in [5, 5.41) is 0. The zero-order valence-electron chi connectivity index (χ0n) is 10.4. The van der Waals surface area contributed by atoms with Crippen molar-refractivity contribution >= 4 is 28.3 Å². The maximum atomic E-state index is 11.6. The van der Waals surface area contributed by atoms with Gasteiger partial charge in [-0.15, -0.1) is 0 Å². The van der Waals surface area contributed by atoms with E-state index in [1.807, 2.05) is 0 Å². The first kappa shape index (κ1) is 15.0. The third-order valence-electron chi connectivity index (χ3n) is 1.86. The number of carbonyl (C=O) groups is 2. The molecule has 0 aliphatic rings. The number of rotatable bonds is 5. The maximum absolute atomic E-state index is 11.6. The summed E-state index contributed by atoms with van der Waals surface area (Å²) in [4.78, 5) is 21.6. The van der Waals surface area contributed by atoms with Gasteiger partial charge in [0.15, 0.2) is 0 Å². The first-order valence-electron chi connectivity index (χ1n) is 5.39. The largest absolute Gasteiger partial charge is 0.446 e. The van der Waals surface area contributed by atoms with Gasteiger partial charge < -0.3 is 4.74 Å². The Morgan fingerprint density at radius 3 is 2.32 bits per heavy atom. The van der Waals surface area contributed by atoms with Gasteiger partial charge in [0, 0.05) is 5.56 Å². The Morgan fingerprint density at radius 2 is 1.84 bits per heavy atom. The SMILES string of the molecule is CC(C)OC(=O)NS(=O)(=O)Nc1ccc(C=O)cc1. The number of hydrogen-bond donors (Lipinski definition) is 2. The average Bonchev–Trinajstić information content (AvgIpc) is 2.27. The van der Waals surface area contributed by atoms with Gasteiger partial charge >= 0.3 is 16.3 Å². The van der Waals surface area contributed by atoms with E-state index in [1.165, 1.54) is 24.3 Å². The number of aldehydes is 1. The summed E-state index contributed by atoms with van der Waals surface area (Å²) in [7, 11) is -4.06. The summed E-state index contributed by atoms with van der Waals surface area (Å²) >= 11 is 0. The van der Waals surface area contributed by atoms with E-state index < -0.39 is 22.4 Å². The highest BCUT2D eigenvalue weighted by molar-refractivity contribution is 7.91. The van der Waals surface area contributed by atoms with Crippen LogP contribution in [0.3, 0.4) is 0 Å². The van der Waals surface area contributed by atoms with Crippen LogP contribution in [0.25, 0.3) is 0 Å². The minimum absolute atomic E-state index is 0.218. The first-order chi connectivity index (χ1) is 8.82. The Hall–Kier alpha value is -2.09. The molecule has 0 unspecified atom stereocenters. The molecule has 2 N–H and O–H groups in total. The molecule has 0 spiro atoms. The van der Waals surface area contributed by atoms with Crippen molar-refractivity contribution in [2.45, 2.75) is 20.0 Å². The molecule has 0 heterocycles. The number of ether oxygens (including phenoxy) is 1. The smallest absolute Gasteiger partial charge is 0.422 e. The lowest BCUT2D eigenvalue weighted by Gasteiger charge is -2.11. The van der Waals surface area contributed by atoms with E-state index in [0.717, 1.165) is 0 Å². The second-order valence-corrected chi connectivity index (χ2v) is 5.32. The molecule has 0 saturated carbocycles. The second-order valence-electron chi connectivity index (χ2n) is 3.90. The molecule has 1 rings (SSSR count). The number of nitrogens with one attached hydrogen (secondary N) is 2. The van der Waals surface area contributed by atoms with Crippen LogP contribution >= 0.6 is 0 Å². The minimum Gasteiger partial charge on any atom is -0.446 e. The third kappa shape index (κ3) is 5.38. The molecule has 8 heteroatoms. The topological polar surface area (TPSA) is 102 Å². The Bertz CT molecular complexity index is 551. The fourth-order valence-corrected chi connectivity index (χ4v) is 1.92. The highest BCUT2D eigenvalue weighted by Gasteiger charge is 2.16. The van der Waals surface area contributed by atoms with Crippen molar-refractivity contribution in [3.63, 3.8) is 0 Å². The Kier molecular flexibility index (Phi) is 4.87. The van der Waals surface area contributed by atoms with Crippen molar-refractivity contribution in [2.75, 3.05) is 4.72 Å². The van der Waals surface area contributed by atoms with Crippen LogP contribution in [0.15, 0.2) is 24.3 Å². The van der Waals surface area contributed by atoms with Crippen molar-refractivity contribution in [1.29, 1.82) is 0 Å². The summed E-state index contributed by atoms with van der Waals surface area (Å²) in [5.74, 6) is 0. The van der Waals surface area contributed by atoms with E-state index in [1.54, 1.807) is 18.6 Å². The van der Waals surface area contributed by atoms with Crippen molar-refractivity contribution in [1.82, 2.24) is 4.72 Å². The predicted molar refractivity (Wildman–Crippen MR) is 69.1 cm³/mol. The molecule has 0 bridgehead atoms. The number of amides is 1. The molecule has 1 aromatic carbocycles. The van der Waals surface area contributed by atoms with Gasteiger partial charge in [0.2, 0.25) is 0 Å². The van der Waals surface area contributed by atoms with E-state index in [4.69, 9.17) is 0 Å². The second kappa shape index (κ2) is 6.19. The standard InChI is InChI=1S/C11H14N2O5S/c1-8(2)18-11(15)13-19(16,17)12-10-5-3-9(7-14)4-6-10/h3-8,12H,1-2H3,(H,13,15). The van der Waals surface area contributed by atoms with E-state index in [9.17, 15) is 18.0 Å². The van der Waals surface area contributed by atoms with Gasteiger partial charge in [-0.2, -0.15) is 8.42 Å². The summed E-state index contributed by atoms with van der Waals surface area (Å²) in [5.41, 5.74) is 0.630. The lowest BCUT2D eigenvalue weighted by molar-refractivity contribution is 0.112. The molecule has 19 heavy (non-hydrogen) atoms.